The van der Waals surface area contributed by atoms with Crippen LogP contribution in [0, 0.1) is 5.82 Å². The van der Waals surface area contributed by atoms with Crippen molar-refractivity contribution in [2.45, 2.75) is 13.1 Å². The van der Waals surface area contributed by atoms with Crippen molar-refractivity contribution >= 4 is 17.5 Å². The molecule has 0 aliphatic carbocycles. The van der Waals surface area contributed by atoms with Crippen molar-refractivity contribution in [1.82, 2.24) is 5.32 Å². The zero-order chi connectivity index (χ0) is 21.7. The lowest BCUT2D eigenvalue weighted by atomic mass is 9.99. The van der Waals surface area contributed by atoms with E-state index in [9.17, 15) is 9.18 Å². The average Bonchev–Trinajstić information content (AvgIpc) is 2.76. The Bertz CT molecular complexity index is 1050. The van der Waals surface area contributed by atoms with Gasteiger partial charge in [-0.05, 0) is 65.2 Å². The van der Waals surface area contributed by atoms with E-state index in [0.717, 1.165) is 11.1 Å². The van der Waals surface area contributed by atoms with Crippen LogP contribution in [0.5, 0.6) is 11.5 Å². The van der Waals surface area contributed by atoms with Crippen molar-refractivity contribution in [1.29, 1.82) is 0 Å². The van der Waals surface area contributed by atoms with Crippen molar-refractivity contribution in [3.8, 4) is 22.6 Å². The normalized spacial score (nSPS) is 10.6. The van der Waals surface area contributed by atoms with Crippen LogP contribution < -0.4 is 20.5 Å². The number of amides is 1. The van der Waals surface area contributed by atoms with Crippen molar-refractivity contribution < 1.29 is 18.7 Å². The van der Waals surface area contributed by atoms with Gasteiger partial charge < -0.3 is 20.5 Å². The van der Waals surface area contributed by atoms with Crippen LogP contribution in [0.25, 0.3) is 11.1 Å². The van der Waals surface area contributed by atoms with Gasteiger partial charge in [0.2, 0.25) is 0 Å². The quantitative estimate of drug-likeness (QED) is 0.579. The third-order valence-electron chi connectivity index (χ3n) is 4.60. The summed E-state index contributed by atoms with van der Waals surface area (Å²) in [5, 5.41) is 3.15. The Balaban J connectivity index is 1.85. The Morgan fingerprint density at radius 3 is 2.30 bits per heavy atom. The molecule has 0 spiro atoms. The number of hydrogen-bond donors (Lipinski definition) is 2. The third-order valence-corrected chi connectivity index (χ3v) is 4.91. The summed E-state index contributed by atoms with van der Waals surface area (Å²) in [5.74, 6) is 0.575. The predicted molar refractivity (Wildman–Crippen MR) is 115 cm³/mol. The van der Waals surface area contributed by atoms with E-state index in [1.165, 1.54) is 12.1 Å². The molecule has 30 heavy (non-hydrogen) atoms. The molecule has 0 atom stereocenters. The summed E-state index contributed by atoms with van der Waals surface area (Å²) < 4.78 is 23.9. The number of rotatable bonds is 7. The lowest BCUT2D eigenvalue weighted by Gasteiger charge is -2.12. The van der Waals surface area contributed by atoms with Gasteiger partial charge in [-0.3, -0.25) is 4.79 Å². The molecule has 0 fully saturated rings. The molecule has 3 N–H and O–H groups in total. The molecule has 0 unspecified atom stereocenters. The van der Waals surface area contributed by atoms with E-state index in [-0.39, 0.29) is 24.0 Å². The number of carbonyl (C=O) groups excluding carboxylic acids is 1. The van der Waals surface area contributed by atoms with Crippen LogP contribution in [-0.2, 0) is 13.1 Å². The first kappa shape index (κ1) is 21.6. The number of carbonyl (C=O) groups is 1. The van der Waals surface area contributed by atoms with E-state index in [1.54, 1.807) is 38.5 Å². The molecule has 156 valence electrons. The van der Waals surface area contributed by atoms with E-state index in [1.807, 2.05) is 18.2 Å². The molecule has 0 heterocycles. The van der Waals surface area contributed by atoms with Gasteiger partial charge in [-0.1, -0.05) is 11.6 Å². The number of nitrogens with one attached hydrogen (secondary N) is 1. The van der Waals surface area contributed by atoms with Crippen LogP contribution in [-0.4, -0.2) is 20.1 Å². The summed E-state index contributed by atoms with van der Waals surface area (Å²) in [6.45, 7) is 0.534. The van der Waals surface area contributed by atoms with Crippen LogP contribution in [0.4, 0.5) is 4.39 Å². The number of nitrogens with two attached hydrogens (primary N) is 1. The zero-order valence-corrected chi connectivity index (χ0v) is 17.4. The number of benzene rings is 3. The Hall–Kier alpha value is -3.09. The fourth-order valence-corrected chi connectivity index (χ4v) is 3.35. The second kappa shape index (κ2) is 9.61. The summed E-state index contributed by atoms with van der Waals surface area (Å²) in [5.41, 5.74) is 9.15. The smallest absolute Gasteiger partial charge is 0.251 e. The molecule has 3 aromatic carbocycles. The molecule has 0 aliphatic rings. The van der Waals surface area contributed by atoms with Gasteiger partial charge in [-0.15, -0.1) is 0 Å². The highest BCUT2D eigenvalue weighted by Crippen LogP contribution is 2.30. The van der Waals surface area contributed by atoms with Gasteiger partial charge >= 0.3 is 0 Å². The summed E-state index contributed by atoms with van der Waals surface area (Å²) in [6, 6.07) is 14.8. The Labute approximate surface area is 179 Å². The average molecular weight is 429 g/mol. The van der Waals surface area contributed by atoms with Crippen molar-refractivity contribution in [2.75, 3.05) is 14.2 Å². The molecule has 0 saturated heterocycles. The van der Waals surface area contributed by atoms with Gasteiger partial charge in [0.05, 0.1) is 19.2 Å². The number of ether oxygens (including phenoxy) is 2. The van der Waals surface area contributed by atoms with E-state index in [0.29, 0.717) is 28.2 Å². The van der Waals surface area contributed by atoms with Crippen molar-refractivity contribution in [2.24, 2.45) is 5.73 Å². The highest BCUT2D eigenvalue weighted by Gasteiger charge is 2.12. The van der Waals surface area contributed by atoms with Gasteiger partial charge in [0, 0.05) is 30.3 Å². The third kappa shape index (κ3) is 5.09. The first-order valence-corrected chi connectivity index (χ1v) is 9.61. The zero-order valence-electron chi connectivity index (χ0n) is 16.7. The van der Waals surface area contributed by atoms with Gasteiger partial charge in [-0.2, -0.15) is 0 Å². The van der Waals surface area contributed by atoms with Crippen LogP contribution in [0.1, 0.15) is 21.5 Å². The van der Waals surface area contributed by atoms with E-state index in [2.05, 4.69) is 5.32 Å². The van der Waals surface area contributed by atoms with Crippen LogP contribution in [0.2, 0.25) is 5.02 Å². The maximum Gasteiger partial charge on any atom is 0.251 e. The summed E-state index contributed by atoms with van der Waals surface area (Å²) in [6.07, 6.45) is 0. The molecular weight excluding hydrogens is 407 g/mol. The Kier molecular flexibility index (Phi) is 6.92. The van der Waals surface area contributed by atoms with Gasteiger partial charge in [0.25, 0.3) is 5.91 Å². The molecule has 1 amide bonds. The summed E-state index contributed by atoms with van der Waals surface area (Å²) in [4.78, 5) is 12.8. The second-order valence-electron chi connectivity index (χ2n) is 6.65. The molecule has 3 aromatic rings. The number of hydrogen-bond acceptors (Lipinski definition) is 4. The van der Waals surface area contributed by atoms with Crippen molar-refractivity contribution in [3.05, 3.63) is 82.1 Å². The molecule has 7 heteroatoms. The topological polar surface area (TPSA) is 73.6 Å². The van der Waals surface area contributed by atoms with Crippen LogP contribution in [0.15, 0.2) is 54.6 Å². The molecular formula is C23H22ClFN2O3. The predicted octanol–water partition coefficient (Wildman–Crippen LogP) is 4.55. The Morgan fingerprint density at radius 1 is 1.00 bits per heavy atom. The highest BCUT2D eigenvalue weighted by molar-refractivity contribution is 6.33. The maximum absolute atomic E-state index is 13.4. The Morgan fingerprint density at radius 2 is 1.70 bits per heavy atom. The monoisotopic (exact) mass is 428 g/mol. The maximum atomic E-state index is 13.4. The molecule has 0 bridgehead atoms. The SMILES string of the molecule is COc1cc(CNC(=O)c2cc(CN)cc(-c3ccc(F)cc3Cl)c2)cc(OC)c1. The molecule has 3 rings (SSSR count). The molecule has 0 aliphatic heterocycles. The molecule has 0 saturated carbocycles. The minimum atomic E-state index is -0.426. The van der Waals surface area contributed by atoms with Gasteiger partial charge in [0.15, 0.2) is 0 Å². The largest absolute Gasteiger partial charge is 0.497 e. The minimum Gasteiger partial charge on any atom is -0.497 e. The van der Waals surface area contributed by atoms with Crippen LogP contribution in [0.3, 0.4) is 0 Å². The minimum absolute atomic E-state index is 0.250. The van der Waals surface area contributed by atoms with Crippen molar-refractivity contribution in [3.63, 3.8) is 0 Å². The highest BCUT2D eigenvalue weighted by atomic mass is 35.5. The standard InChI is InChI=1S/C23H22ClFN2O3/c1-29-19-7-15(8-20(11-19)30-2)13-27-23(28)17-6-14(12-26)5-16(9-17)21-4-3-18(25)10-22(21)24/h3-11H,12-13,26H2,1-2H3,(H,27,28). The number of halogens is 2. The molecule has 5 nitrogen and oxygen atoms in total. The second-order valence-corrected chi connectivity index (χ2v) is 7.06. The van der Waals surface area contributed by atoms with Gasteiger partial charge in [0.1, 0.15) is 17.3 Å². The molecule has 0 radical (unpaired) electrons. The first-order chi connectivity index (χ1) is 14.4. The lowest BCUT2D eigenvalue weighted by Crippen LogP contribution is -2.23. The molecule has 0 aromatic heterocycles. The van der Waals surface area contributed by atoms with E-state index < -0.39 is 5.82 Å². The van der Waals surface area contributed by atoms with E-state index >= 15 is 0 Å². The summed E-state index contributed by atoms with van der Waals surface area (Å²) >= 11 is 6.19. The summed E-state index contributed by atoms with van der Waals surface area (Å²) in [7, 11) is 3.13. The fourth-order valence-electron chi connectivity index (χ4n) is 3.07. The van der Waals surface area contributed by atoms with Crippen LogP contribution >= 0.6 is 11.6 Å². The van der Waals surface area contributed by atoms with E-state index in [4.69, 9.17) is 26.8 Å². The van der Waals surface area contributed by atoms with Gasteiger partial charge in [-0.25, -0.2) is 4.39 Å². The fraction of sp³-hybridized carbons (Fsp3) is 0.174. The lowest BCUT2D eigenvalue weighted by molar-refractivity contribution is 0.0950. The number of methoxy groups -OCH3 is 2. The first-order valence-electron chi connectivity index (χ1n) is 9.23.